The molecule has 2 heterocycles. The number of quaternary nitrogens is 1. The van der Waals surface area contributed by atoms with E-state index in [1.54, 1.807) is 0 Å². The molecular weight excluding hydrogens is 290 g/mol. The maximum Gasteiger partial charge on any atom is 0.277 e. The molecule has 1 aliphatic carbocycles. The van der Waals surface area contributed by atoms with E-state index in [0.717, 1.165) is 58.5 Å². The van der Waals surface area contributed by atoms with Crippen LogP contribution in [0.1, 0.15) is 51.4 Å². The summed E-state index contributed by atoms with van der Waals surface area (Å²) in [6, 6.07) is 0. The van der Waals surface area contributed by atoms with Crippen molar-refractivity contribution in [2.24, 2.45) is 5.92 Å². The summed E-state index contributed by atoms with van der Waals surface area (Å²) in [7, 11) is 0. The highest BCUT2D eigenvalue weighted by molar-refractivity contribution is 5.77. The standard InChI is InChI=1S/C18H31N3O2/c22-17(14-16-6-2-1-3-7-16)21-12-10-19(11-13-21)15-18(23)20-8-4-5-9-20/h16H,1-15H2/p+1. The molecule has 3 aliphatic rings. The Morgan fingerprint density at radius 3 is 2.04 bits per heavy atom. The summed E-state index contributed by atoms with van der Waals surface area (Å²) in [6.45, 7) is 6.01. The zero-order valence-electron chi connectivity index (χ0n) is 14.4. The molecule has 23 heavy (non-hydrogen) atoms. The zero-order chi connectivity index (χ0) is 16.1. The quantitative estimate of drug-likeness (QED) is 0.809. The molecule has 0 aromatic rings. The SMILES string of the molecule is O=C(CC1CCCCC1)N1CC[NH+](CC(=O)N2CCCC2)CC1. The summed E-state index contributed by atoms with van der Waals surface area (Å²) in [5.74, 6) is 1.28. The smallest absolute Gasteiger partial charge is 0.277 e. The monoisotopic (exact) mass is 322 g/mol. The summed E-state index contributed by atoms with van der Waals surface area (Å²) in [5, 5.41) is 0. The minimum Gasteiger partial charge on any atom is -0.338 e. The highest BCUT2D eigenvalue weighted by Crippen LogP contribution is 2.26. The van der Waals surface area contributed by atoms with E-state index in [-0.39, 0.29) is 0 Å². The summed E-state index contributed by atoms with van der Waals surface area (Å²) < 4.78 is 0. The van der Waals surface area contributed by atoms with E-state index in [1.807, 2.05) is 9.80 Å². The molecule has 3 fully saturated rings. The van der Waals surface area contributed by atoms with Crippen LogP contribution in [-0.2, 0) is 9.59 Å². The Balaban J connectivity index is 1.37. The van der Waals surface area contributed by atoms with Gasteiger partial charge in [0.25, 0.3) is 5.91 Å². The molecule has 0 unspecified atom stereocenters. The zero-order valence-corrected chi connectivity index (χ0v) is 14.4. The normalized spacial score (nSPS) is 24.2. The fourth-order valence-corrected chi connectivity index (χ4v) is 4.31. The van der Waals surface area contributed by atoms with E-state index in [0.29, 0.717) is 24.3 Å². The lowest BCUT2D eigenvalue weighted by atomic mass is 9.86. The van der Waals surface area contributed by atoms with E-state index >= 15 is 0 Å². The first-order valence-electron chi connectivity index (χ1n) is 9.61. The van der Waals surface area contributed by atoms with Crippen molar-refractivity contribution in [3.8, 4) is 0 Å². The highest BCUT2D eigenvalue weighted by Gasteiger charge is 2.28. The molecule has 0 aromatic carbocycles. The van der Waals surface area contributed by atoms with Gasteiger partial charge in [-0.3, -0.25) is 9.59 Å². The Bertz CT molecular complexity index is 406. The molecule has 0 radical (unpaired) electrons. The van der Waals surface area contributed by atoms with Crippen LogP contribution >= 0.6 is 0 Å². The number of likely N-dealkylation sites (tertiary alicyclic amines) is 1. The summed E-state index contributed by atoms with van der Waals surface area (Å²) >= 11 is 0. The maximum absolute atomic E-state index is 12.4. The number of carbonyl (C=O) groups excluding carboxylic acids is 2. The Hall–Kier alpha value is -1.10. The molecule has 5 heteroatoms. The number of hydrogen-bond donors (Lipinski definition) is 1. The Kier molecular flexibility index (Phi) is 5.92. The van der Waals surface area contributed by atoms with Gasteiger partial charge < -0.3 is 14.7 Å². The molecule has 1 N–H and O–H groups in total. The van der Waals surface area contributed by atoms with Crippen LogP contribution in [0.2, 0.25) is 0 Å². The largest absolute Gasteiger partial charge is 0.338 e. The number of nitrogens with one attached hydrogen (secondary N) is 1. The number of rotatable bonds is 4. The van der Waals surface area contributed by atoms with Crippen LogP contribution in [0.5, 0.6) is 0 Å². The van der Waals surface area contributed by atoms with E-state index in [1.165, 1.54) is 37.0 Å². The van der Waals surface area contributed by atoms with Crippen molar-refractivity contribution >= 4 is 11.8 Å². The van der Waals surface area contributed by atoms with Gasteiger partial charge in [-0.25, -0.2) is 0 Å². The fraction of sp³-hybridized carbons (Fsp3) is 0.889. The molecular formula is C18H32N3O2+. The summed E-state index contributed by atoms with van der Waals surface area (Å²) in [6.07, 6.45) is 9.49. The molecule has 0 spiro atoms. The van der Waals surface area contributed by atoms with Crippen molar-refractivity contribution in [1.82, 2.24) is 9.80 Å². The molecule has 1 saturated carbocycles. The molecule has 0 atom stereocenters. The molecule has 130 valence electrons. The van der Waals surface area contributed by atoms with Gasteiger partial charge in [0.05, 0.1) is 26.2 Å². The number of amides is 2. The molecule has 2 amide bonds. The average molecular weight is 322 g/mol. The van der Waals surface area contributed by atoms with E-state index in [9.17, 15) is 9.59 Å². The molecule has 5 nitrogen and oxygen atoms in total. The van der Waals surface area contributed by atoms with E-state index < -0.39 is 0 Å². The topological polar surface area (TPSA) is 45.1 Å². The van der Waals surface area contributed by atoms with Gasteiger partial charge >= 0.3 is 0 Å². The third-order valence-corrected chi connectivity index (χ3v) is 5.87. The van der Waals surface area contributed by atoms with E-state index in [2.05, 4.69) is 0 Å². The second-order valence-electron chi connectivity index (χ2n) is 7.60. The van der Waals surface area contributed by atoms with Gasteiger partial charge in [-0.05, 0) is 31.6 Å². The first-order chi connectivity index (χ1) is 11.2. The summed E-state index contributed by atoms with van der Waals surface area (Å²) in [4.78, 5) is 30.1. The lowest BCUT2D eigenvalue weighted by molar-refractivity contribution is -0.896. The summed E-state index contributed by atoms with van der Waals surface area (Å²) in [5.41, 5.74) is 0. The second-order valence-corrected chi connectivity index (χ2v) is 7.60. The van der Waals surface area contributed by atoms with Gasteiger partial charge in [0.2, 0.25) is 5.91 Å². The second kappa shape index (κ2) is 8.13. The Morgan fingerprint density at radius 2 is 1.39 bits per heavy atom. The Morgan fingerprint density at radius 1 is 0.783 bits per heavy atom. The molecule has 2 aliphatic heterocycles. The number of piperazine rings is 1. The molecule has 2 saturated heterocycles. The number of hydrogen-bond acceptors (Lipinski definition) is 2. The third kappa shape index (κ3) is 4.69. The van der Waals surface area contributed by atoms with Crippen LogP contribution < -0.4 is 4.90 Å². The van der Waals surface area contributed by atoms with Gasteiger partial charge in [0.1, 0.15) is 0 Å². The van der Waals surface area contributed by atoms with Crippen LogP contribution in [0.3, 0.4) is 0 Å². The lowest BCUT2D eigenvalue weighted by Gasteiger charge is -2.33. The predicted octanol–water partition coefficient (Wildman–Crippen LogP) is 0.306. The van der Waals surface area contributed by atoms with Gasteiger partial charge in [-0.1, -0.05) is 19.3 Å². The van der Waals surface area contributed by atoms with Crippen LogP contribution in [0.4, 0.5) is 0 Å². The minimum absolute atomic E-state index is 0.305. The fourth-order valence-electron chi connectivity index (χ4n) is 4.31. The lowest BCUT2D eigenvalue weighted by Crippen LogP contribution is -3.15. The number of nitrogens with zero attached hydrogens (tertiary/aromatic N) is 2. The number of carbonyl (C=O) groups is 2. The van der Waals surface area contributed by atoms with Gasteiger partial charge in [0, 0.05) is 19.5 Å². The van der Waals surface area contributed by atoms with Crippen LogP contribution in [0.15, 0.2) is 0 Å². The van der Waals surface area contributed by atoms with Crippen molar-refractivity contribution in [2.45, 2.75) is 51.4 Å². The highest BCUT2D eigenvalue weighted by atomic mass is 16.2. The van der Waals surface area contributed by atoms with Crippen LogP contribution in [-0.4, -0.2) is 67.4 Å². The van der Waals surface area contributed by atoms with Gasteiger partial charge in [0.15, 0.2) is 6.54 Å². The van der Waals surface area contributed by atoms with Gasteiger partial charge in [-0.15, -0.1) is 0 Å². The third-order valence-electron chi connectivity index (χ3n) is 5.87. The van der Waals surface area contributed by atoms with Crippen molar-refractivity contribution < 1.29 is 14.5 Å². The average Bonchev–Trinajstić information content (AvgIpc) is 3.11. The van der Waals surface area contributed by atoms with Crippen LogP contribution in [0, 0.1) is 5.92 Å². The van der Waals surface area contributed by atoms with Crippen molar-refractivity contribution in [3.05, 3.63) is 0 Å². The predicted molar refractivity (Wildman–Crippen MR) is 89.1 cm³/mol. The van der Waals surface area contributed by atoms with Crippen molar-refractivity contribution in [3.63, 3.8) is 0 Å². The Labute approximate surface area is 140 Å². The molecule has 0 bridgehead atoms. The van der Waals surface area contributed by atoms with Crippen LogP contribution in [0.25, 0.3) is 0 Å². The maximum atomic E-state index is 12.4. The first-order valence-corrected chi connectivity index (χ1v) is 9.61. The van der Waals surface area contributed by atoms with Gasteiger partial charge in [-0.2, -0.15) is 0 Å². The van der Waals surface area contributed by atoms with Crippen molar-refractivity contribution in [2.75, 3.05) is 45.8 Å². The van der Waals surface area contributed by atoms with E-state index in [4.69, 9.17) is 0 Å². The molecule has 0 aromatic heterocycles. The minimum atomic E-state index is 0.305. The van der Waals surface area contributed by atoms with Crippen molar-refractivity contribution in [1.29, 1.82) is 0 Å². The first kappa shape index (κ1) is 16.7. The molecule has 3 rings (SSSR count).